The van der Waals surface area contributed by atoms with E-state index in [0.717, 1.165) is 12.1 Å². The number of halogens is 1. The molecule has 6 heteroatoms. The van der Waals surface area contributed by atoms with Gasteiger partial charge in [0.1, 0.15) is 5.75 Å². The molecule has 1 fully saturated rings. The second kappa shape index (κ2) is 6.89. The molecule has 0 unspecified atom stereocenters. The van der Waals surface area contributed by atoms with Crippen LogP contribution >= 0.6 is 11.6 Å². The molecule has 140 valence electrons. The third-order valence-electron chi connectivity index (χ3n) is 5.30. The molecule has 0 bridgehead atoms. The number of aromatic hydroxyl groups is 1. The standard InChI is InChI=1S/C21H21ClN2O3/c1-27-20(26)21(15-5-3-2-4-6-15)19(17-10-9-16(22)11-18(17)25)24(13-23-21)12-14-7-8-14/h2-6,9-11,13-14,19,25H,7-8,12H2,1H3/t19-,21+/m0/s1. The van der Waals surface area contributed by atoms with Crippen molar-refractivity contribution in [1.82, 2.24) is 4.90 Å². The molecule has 27 heavy (non-hydrogen) atoms. The summed E-state index contributed by atoms with van der Waals surface area (Å²) >= 11 is 6.04. The molecule has 1 aliphatic heterocycles. The van der Waals surface area contributed by atoms with Crippen molar-refractivity contribution in [1.29, 1.82) is 0 Å². The van der Waals surface area contributed by atoms with Crippen LogP contribution in [0.1, 0.15) is 30.0 Å². The minimum absolute atomic E-state index is 0.0445. The number of phenols is 1. The van der Waals surface area contributed by atoms with Gasteiger partial charge in [-0.25, -0.2) is 9.79 Å². The molecule has 2 aliphatic rings. The van der Waals surface area contributed by atoms with Crippen LogP contribution in [0.15, 0.2) is 53.5 Å². The van der Waals surface area contributed by atoms with E-state index in [1.54, 1.807) is 18.5 Å². The Morgan fingerprint density at radius 3 is 2.67 bits per heavy atom. The Balaban J connectivity index is 1.89. The van der Waals surface area contributed by atoms with Crippen LogP contribution in [0.2, 0.25) is 5.02 Å². The van der Waals surface area contributed by atoms with Crippen molar-refractivity contribution in [3.63, 3.8) is 0 Å². The van der Waals surface area contributed by atoms with Gasteiger partial charge in [-0.05, 0) is 36.5 Å². The van der Waals surface area contributed by atoms with Crippen LogP contribution in [0.4, 0.5) is 0 Å². The van der Waals surface area contributed by atoms with Crippen LogP contribution in [0.3, 0.4) is 0 Å². The van der Waals surface area contributed by atoms with Gasteiger partial charge in [0.05, 0.1) is 19.5 Å². The van der Waals surface area contributed by atoms with Crippen molar-refractivity contribution >= 4 is 23.9 Å². The summed E-state index contributed by atoms with van der Waals surface area (Å²) < 4.78 is 5.19. The maximum atomic E-state index is 13.1. The van der Waals surface area contributed by atoms with E-state index in [9.17, 15) is 9.90 Å². The molecular weight excluding hydrogens is 364 g/mol. The molecule has 0 saturated heterocycles. The van der Waals surface area contributed by atoms with E-state index in [1.165, 1.54) is 26.0 Å². The second-order valence-corrected chi connectivity index (χ2v) is 7.55. The summed E-state index contributed by atoms with van der Waals surface area (Å²) in [6.45, 7) is 0.780. The average Bonchev–Trinajstić information content (AvgIpc) is 3.42. The van der Waals surface area contributed by atoms with Crippen molar-refractivity contribution in [3.05, 3.63) is 64.7 Å². The summed E-state index contributed by atoms with van der Waals surface area (Å²) in [5.41, 5.74) is 0.0495. The lowest BCUT2D eigenvalue weighted by molar-refractivity contribution is -0.149. The molecule has 4 rings (SSSR count). The Morgan fingerprint density at radius 1 is 1.30 bits per heavy atom. The summed E-state index contributed by atoms with van der Waals surface area (Å²) in [5, 5.41) is 11.1. The molecule has 2 atom stereocenters. The molecular formula is C21H21ClN2O3. The number of esters is 1. The summed E-state index contributed by atoms with van der Waals surface area (Å²) in [7, 11) is 1.37. The number of aliphatic imine (C=N–C) groups is 1. The molecule has 2 aromatic rings. The van der Waals surface area contributed by atoms with Gasteiger partial charge in [0.15, 0.2) is 0 Å². The monoisotopic (exact) mass is 384 g/mol. The van der Waals surface area contributed by atoms with Crippen molar-refractivity contribution in [2.45, 2.75) is 24.4 Å². The van der Waals surface area contributed by atoms with Crippen molar-refractivity contribution in [2.24, 2.45) is 10.9 Å². The van der Waals surface area contributed by atoms with Crippen LogP contribution in [0, 0.1) is 5.92 Å². The van der Waals surface area contributed by atoms with Gasteiger partial charge in [0, 0.05) is 17.1 Å². The van der Waals surface area contributed by atoms with Gasteiger partial charge in [-0.3, -0.25) is 0 Å². The lowest BCUT2D eigenvalue weighted by Crippen LogP contribution is -2.44. The quantitative estimate of drug-likeness (QED) is 0.794. The largest absolute Gasteiger partial charge is 0.508 e. The van der Waals surface area contributed by atoms with E-state index in [-0.39, 0.29) is 5.75 Å². The summed E-state index contributed by atoms with van der Waals surface area (Å²) in [6, 6.07) is 13.8. The Morgan fingerprint density at radius 2 is 2.04 bits per heavy atom. The van der Waals surface area contributed by atoms with Crippen LogP contribution in [-0.4, -0.2) is 36.0 Å². The predicted octanol–water partition coefficient (Wildman–Crippen LogP) is 3.91. The Bertz CT molecular complexity index is 882. The summed E-state index contributed by atoms with van der Waals surface area (Å²) in [6.07, 6.45) is 4.06. The third kappa shape index (κ3) is 3.06. The molecule has 0 radical (unpaired) electrons. The number of rotatable bonds is 5. The molecule has 0 amide bonds. The number of carbonyl (C=O) groups excluding carboxylic acids is 1. The van der Waals surface area contributed by atoms with Crippen LogP contribution in [0.25, 0.3) is 0 Å². The van der Waals surface area contributed by atoms with Crippen LogP contribution in [-0.2, 0) is 15.1 Å². The second-order valence-electron chi connectivity index (χ2n) is 7.11. The predicted molar refractivity (Wildman–Crippen MR) is 104 cm³/mol. The molecule has 2 aromatic carbocycles. The first-order chi connectivity index (χ1) is 13.1. The number of carbonyl (C=O) groups is 1. The SMILES string of the molecule is COC(=O)[C@]1(c2ccccc2)N=CN(CC2CC2)[C@H]1c1ccc(Cl)cc1O. The third-order valence-corrected chi connectivity index (χ3v) is 5.54. The van der Waals surface area contributed by atoms with Gasteiger partial charge < -0.3 is 14.7 Å². The van der Waals surface area contributed by atoms with Gasteiger partial charge in [-0.2, -0.15) is 0 Å². The zero-order valence-corrected chi connectivity index (χ0v) is 15.8. The number of hydrogen-bond donors (Lipinski definition) is 1. The fourth-order valence-corrected chi connectivity index (χ4v) is 3.97. The Labute approximate surface area is 163 Å². The number of ether oxygens (including phenoxy) is 1. The highest BCUT2D eigenvalue weighted by molar-refractivity contribution is 6.30. The summed E-state index contributed by atoms with van der Waals surface area (Å²) in [4.78, 5) is 19.8. The molecule has 1 saturated carbocycles. The normalized spacial score (nSPS) is 24.2. The van der Waals surface area contributed by atoms with E-state index < -0.39 is 17.6 Å². The Kier molecular flexibility index (Phi) is 4.56. The maximum absolute atomic E-state index is 13.1. The highest BCUT2D eigenvalue weighted by atomic mass is 35.5. The molecule has 0 aromatic heterocycles. The highest BCUT2D eigenvalue weighted by Crippen LogP contribution is 2.50. The number of hydrogen-bond acceptors (Lipinski definition) is 5. The van der Waals surface area contributed by atoms with E-state index in [0.29, 0.717) is 16.5 Å². The van der Waals surface area contributed by atoms with Gasteiger partial charge in [-0.15, -0.1) is 0 Å². The lowest BCUT2D eigenvalue weighted by Gasteiger charge is -2.36. The fourth-order valence-electron chi connectivity index (χ4n) is 3.81. The topological polar surface area (TPSA) is 62.1 Å². The maximum Gasteiger partial charge on any atom is 0.341 e. The van der Waals surface area contributed by atoms with Crippen LogP contribution < -0.4 is 0 Å². The summed E-state index contributed by atoms with van der Waals surface area (Å²) in [5.74, 6) is 0.170. The number of methoxy groups -OCH3 is 1. The number of benzene rings is 2. The molecule has 5 nitrogen and oxygen atoms in total. The molecule has 0 spiro atoms. The van der Waals surface area contributed by atoms with Crippen molar-refractivity contribution in [2.75, 3.05) is 13.7 Å². The zero-order valence-electron chi connectivity index (χ0n) is 15.0. The van der Waals surface area contributed by atoms with Crippen molar-refractivity contribution < 1.29 is 14.6 Å². The number of phenolic OH excluding ortho intramolecular Hbond substituents is 1. The van der Waals surface area contributed by atoms with Crippen LogP contribution in [0.5, 0.6) is 5.75 Å². The minimum Gasteiger partial charge on any atom is -0.508 e. The van der Waals surface area contributed by atoms with E-state index in [4.69, 9.17) is 16.3 Å². The first-order valence-corrected chi connectivity index (χ1v) is 9.37. The first kappa shape index (κ1) is 17.9. The van der Waals surface area contributed by atoms with E-state index in [2.05, 4.69) is 4.99 Å². The fraction of sp³-hybridized carbons (Fsp3) is 0.333. The van der Waals surface area contributed by atoms with Gasteiger partial charge in [0.25, 0.3) is 0 Å². The molecule has 1 heterocycles. The Hall–Kier alpha value is -2.53. The smallest absolute Gasteiger partial charge is 0.341 e. The van der Waals surface area contributed by atoms with E-state index >= 15 is 0 Å². The van der Waals surface area contributed by atoms with E-state index in [1.807, 2.05) is 35.2 Å². The average molecular weight is 385 g/mol. The molecule has 1 aliphatic carbocycles. The van der Waals surface area contributed by atoms with Crippen molar-refractivity contribution in [3.8, 4) is 5.75 Å². The zero-order chi connectivity index (χ0) is 19.0. The molecule has 1 N–H and O–H groups in total. The van der Waals surface area contributed by atoms with Gasteiger partial charge in [0.2, 0.25) is 5.54 Å². The number of nitrogens with zero attached hydrogens (tertiary/aromatic N) is 2. The highest BCUT2D eigenvalue weighted by Gasteiger charge is 2.55. The van der Waals surface area contributed by atoms with Gasteiger partial charge >= 0.3 is 5.97 Å². The minimum atomic E-state index is -1.28. The van der Waals surface area contributed by atoms with Gasteiger partial charge in [-0.1, -0.05) is 48.0 Å². The first-order valence-electron chi connectivity index (χ1n) is 8.99. The lowest BCUT2D eigenvalue weighted by atomic mass is 9.79.